The lowest BCUT2D eigenvalue weighted by Crippen LogP contribution is -2.46. The molecule has 5 rings (SSSR count). The van der Waals surface area contributed by atoms with Crippen LogP contribution in [0.3, 0.4) is 0 Å². The van der Waals surface area contributed by atoms with Crippen LogP contribution in [0.15, 0.2) is 55.1 Å². The topological polar surface area (TPSA) is 110 Å². The van der Waals surface area contributed by atoms with Gasteiger partial charge >= 0.3 is 6.18 Å². The summed E-state index contributed by atoms with van der Waals surface area (Å²) in [6.07, 6.45) is 0.834. The number of anilines is 1. The van der Waals surface area contributed by atoms with Crippen molar-refractivity contribution in [1.82, 2.24) is 34.5 Å². The van der Waals surface area contributed by atoms with Crippen molar-refractivity contribution >= 4 is 66.3 Å². The van der Waals surface area contributed by atoms with E-state index in [2.05, 4.69) is 25.7 Å². The number of carbonyl (C=O) groups is 2. The zero-order valence-corrected chi connectivity index (χ0v) is 25.7. The first-order valence-corrected chi connectivity index (χ1v) is 12.7. The highest BCUT2D eigenvalue weighted by molar-refractivity contribution is 6.34. The van der Waals surface area contributed by atoms with E-state index in [9.17, 15) is 22.8 Å². The summed E-state index contributed by atoms with van der Waals surface area (Å²) in [5.41, 5.74) is 0.0345. The molecule has 4 heterocycles. The van der Waals surface area contributed by atoms with E-state index >= 15 is 0 Å². The zero-order valence-electron chi connectivity index (χ0n) is 22.5. The van der Waals surface area contributed by atoms with Crippen LogP contribution in [0, 0.1) is 0 Å². The highest BCUT2D eigenvalue weighted by atomic mass is 35.5. The molecule has 0 aliphatic carbocycles. The van der Waals surface area contributed by atoms with Crippen molar-refractivity contribution in [2.24, 2.45) is 7.05 Å². The summed E-state index contributed by atoms with van der Waals surface area (Å²) in [6, 6.07) is 7.92. The number of piperazine rings is 1. The van der Waals surface area contributed by atoms with E-state index in [-0.39, 0.29) is 71.8 Å². The lowest BCUT2D eigenvalue weighted by atomic mass is 10.1. The summed E-state index contributed by atoms with van der Waals surface area (Å²) < 4.78 is 44.1. The second-order valence-electron chi connectivity index (χ2n) is 9.17. The Bertz CT molecular complexity index is 1560. The molecule has 0 atom stereocenters. The van der Waals surface area contributed by atoms with Crippen LogP contribution in [0.2, 0.25) is 5.02 Å². The van der Waals surface area contributed by atoms with Crippen molar-refractivity contribution in [2.75, 3.05) is 31.5 Å². The predicted molar refractivity (Wildman–Crippen MR) is 163 cm³/mol. The number of halogens is 7. The number of pyridine rings is 1. The van der Waals surface area contributed by atoms with Crippen LogP contribution >= 0.6 is 48.8 Å². The molecule has 0 spiro atoms. The molecule has 4 aromatic rings. The summed E-state index contributed by atoms with van der Waals surface area (Å²) in [5.74, 6) is -0.995. The van der Waals surface area contributed by atoms with Gasteiger partial charge in [-0.05, 0) is 29.8 Å². The number of nitrogens with one attached hydrogen (secondary N) is 2. The van der Waals surface area contributed by atoms with Gasteiger partial charge in [-0.1, -0.05) is 17.7 Å². The van der Waals surface area contributed by atoms with Gasteiger partial charge in [0.2, 0.25) is 0 Å². The van der Waals surface area contributed by atoms with Crippen molar-refractivity contribution in [1.29, 1.82) is 0 Å². The number of carbonyl (C=O) groups excluding carboxylic acids is 2. The molecule has 1 saturated heterocycles. The molecule has 1 aliphatic heterocycles. The minimum Gasteiger partial charge on any atom is -0.336 e. The fraction of sp³-hybridized carbons (Fsp3) is 0.269. The van der Waals surface area contributed by atoms with E-state index in [1.54, 1.807) is 29.4 Å². The number of alkyl halides is 3. The molecule has 1 aromatic carbocycles. The Labute approximate surface area is 268 Å². The van der Waals surface area contributed by atoms with Gasteiger partial charge in [-0.2, -0.15) is 18.3 Å². The fourth-order valence-corrected chi connectivity index (χ4v) is 4.70. The van der Waals surface area contributed by atoms with Gasteiger partial charge in [0, 0.05) is 57.5 Å². The van der Waals surface area contributed by atoms with Gasteiger partial charge < -0.3 is 20.1 Å². The Balaban J connectivity index is 0.00000215. The summed E-state index contributed by atoms with van der Waals surface area (Å²) in [7, 11) is 1.44. The molecule has 2 amide bonds. The van der Waals surface area contributed by atoms with Gasteiger partial charge in [0.15, 0.2) is 11.5 Å². The second kappa shape index (κ2) is 14.9. The SMILES string of the molecule is Cl.Cl.Cl.Cn1c(-c2cn(Cc3cccnc3)nc2C(F)(F)F)cnc1C(=O)Nc1ccc(C(=O)N2CCNCC2)c(Cl)c1. The average Bonchev–Trinajstić information content (AvgIpc) is 3.53. The van der Waals surface area contributed by atoms with Crippen LogP contribution in [-0.4, -0.2) is 67.2 Å². The van der Waals surface area contributed by atoms with Crippen LogP contribution in [0.1, 0.15) is 32.2 Å². The Hall–Kier alpha value is -3.36. The van der Waals surface area contributed by atoms with Crippen molar-refractivity contribution < 1.29 is 22.8 Å². The maximum absolute atomic E-state index is 13.9. The summed E-state index contributed by atoms with van der Waals surface area (Å²) in [6.45, 7) is 2.59. The number of hydrogen-bond acceptors (Lipinski definition) is 6. The smallest absolute Gasteiger partial charge is 0.336 e. The normalized spacial score (nSPS) is 12.9. The Morgan fingerprint density at radius 2 is 1.81 bits per heavy atom. The molecule has 0 bridgehead atoms. The molecule has 232 valence electrons. The van der Waals surface area contributed by atoms with Crippen molar-refractivity contribution in [3.63, 3.8) is 0 Å². The molecule has 2 N–H and O–H groups in total. The lowest BCUT2D eigenvalue weighted by molar-refractivity contribution is -0.141. The second-order valence-corrected chi connectivity index (χ2v) is 9.57. The molecule has 43 heavy (non-hydrogen) atoms. The largest absolute Gasteiger partial charge is 0.435 e. The number of nitrogens with zero attached hydrogens (tertiary/aromatic N) is 6. The Morgan fingerprint density at radius 3 is 2.44 bits per heavy atom. The monoisotopic (exact) mass is 680 g/mol. The van der Waals surface area contributed by atoms with Crippen LogP contribution in [0.4, 0.5) is 18.9 Å². The third-order valence-corrected chi connectivity index (χ3v) is 6.74. The Morgan fingerprint density at radius 1 is 1.09 bits per heavy atom. The van der Waals surface area contributed by atoms with Crippen LogP contribution in [0.5, 0.6) is 0 Å². The minimum atomic E-state index is -4.73. The highest BCUT2D eigenvalue weighted by Gasteiger charge is 2.38. The lowest BCUT2D eigenvalue weighted by Gasteiger charge is -2.27. The number of imidazole rings is 1. The first kappa shape index (κ1) is 35.8. The van der Waals surface area contributed by atoms with Gasteiger partial charge in [0.1, 0.15) is 0 Å². The van der Waals surface area contributed by atoms with E-state index in [0.29, 0.717) is 43.0 Å². The Kier molecular flexibility index (Phi) is 12.4. The maximum atomic E-state index is 13.9. The molecular weight excluding hydrogens is 655 g/mol. The van der Waals surface area contributed by atoms with Gasteiger partial charge in [0.25, 0.3) is 11.8 Å². The van der Waals surface area contributed by atoms with Crippen molar-refractivity contribution in [3.8, 4) is 11.3 Å². The van der Waals surface area contributed by atoms with E-state index in [1.807, 2.05) is 0 Å². The van der Waals surface area contributed by atoms with Gasteiger partial charge in [-0.25, -0.2) is 4.98 Å². The number of amides is 2. The molecular formula is C26H27Cl4F3N8O2. The first-order chi connectivity index (χ1) is 19.1. The van der Waals surface area contributed by atoms with E-state index in [1.165, 1.54) is 46.9 Å². The third kappa shape index (κ3) is 7.98. The maximum Gasteiger partial charge on any atom is 0.435 e. The molecule has 3 aromatic heterocycles. The average molecular weight is 682 g/mol. The fourth-order valence-electron chi connectivity index (χ4n) is 4.44. The number of aromatic nitrogens is 5. The zero-order chi connectivity index (χ0) is 28.4. The van der Waals surface area contributed by atoms with Crippen molar-refractivity contribution in [2.45, 2.75) is 12.7 Å². The molecule has 1 aliphatic rings. The van der Waals surface area contributed by atoms with Gasteiger partial charge in [-0.3, -0.25) is 19.3 Å². The number of rotatable bonds is 6. The predicted octanol–water partition coefficient (Wildman–Crippen LogP) is 4.96. The van der Waals surface area contributed by atoms with Crippen LogP contribution in [0.25, 0.3) is 11.3 Å². The molecule has 0 saturated carbocycles. The summed E-state index contributed by atoms with van der Waals surface area (Å²) in [5, 5.41) is 9.74. The van der Waals surface area contributed by atoms with E-state index in [4.69, 9.17) is 11.6 Å². The molecule has 10 nitrogen and oxygen atoms in total. The summed E-state index contributed by atoms with van der Waals surface area (Å²) >= 11 is 6.35. The van der Waals surface area contributed by atoms with E-state index < -0.39 is 17.8 Å². The van der Waals surface area contributed by atoms with Gasteiger partial charge in [-0.15, -0.1) is 37.2 Å². The molecule has 0 unspecified atom stereocenters. The molecule has 1 fully saturated rings. The number of hydrogen-bond donors (Lipinski definition) is 2. The minimum absolute atomic E-state index is 0. The molecule has 0 radical (unpaired) electrons. The van der Waals surface area contributed by atoms with E-state index in [0.717, 1.165) is 0 Å². The molecule has 17 heteroatoms. The quantitative estimate of drug-likeness (QED) is 0.298. The van der Waals surface area contributed by atoms with Gasteiger partial charge in [0.05, 0.1) is 34.6 Å². The highest BCUT2D eigenvalue weighted by Crippen LogP contribution is 2.36. The summed E-state index contributed by atoms with van der Waals surface area (Å²) in [4.78, 5) is 35.5. The van der Waals surface area contributed by atoms with Crippen LogP contribution in [-0.2, 0) is 19.8 Å². The third-order valence-electron chi connectivity index (χ3n) is 6.43. The first-order valence-electron chi connectivity index (χ1n) is 12.3. The van der Waals surface area contributed by atoms with Crippen molar-refractivity contribution in [3.05, 3.63) is 82.8 Å². The standard InChI is InChI=1S/C26H24ClF3N8O2.3ClH/c1-36-21(19-15-38(35-22(19)26(28,29)30)14-16-3-2-6-32-12-16)13-33-23(36)24(39)34-17-4-5-18(20(27)11-17)25(40)37-9-7-31-8-10-37;;;/h2-6,11-13,15,31H,7-10,14H2,1H3,(H,34,39);3*1H. The van der Waals surface area contributed by atoms with Crippen LogP contribution < -0.4 is 10.6 Å². The number of benzene rings is 1.